The van der Waals surface area contributed by atoms with Crippen molar-refractivity contribution in [3.8, 4) is 11.5 Å². The molecule has 11 nitrogen and oxygen atoms in total. The number of amides is 4. The molecule has 3 aliphatic rings. The molecule has 3 fully saturated rings. The quantitative estimate of drug-likeness (QED) is 0.520. The van der Waals surface area contributed by atoms with Crippen molar-refractivity contribution in [1.82, 2.24) is 20.1 Å². The van der Waals surface area contributed by atoms with E-state index in [1.165, 1.54) is 16.2 Å². The molecule has 1 aliphatic carbocycles. The van der Waals surface area contributed by atoms with Gasteiger partial charge in [-0.2, -0.15) is 0 Å². The van der Waals surface area contributed by atoms with E-state index in [1.54, 1.807) is 28.7 Å². The molecule has 4 heterocycles. The molecule has 0 bridgehead atoms. The van der Waals surface area contributed by atoms with Gasteiger partial charge in [0.05, 0.1) is 25.6 Å². The number of ether oxygens (including phenoxy) is 1. The Morgan fingerprint density at radius 1 is 1.16 bits per heavy atom. The number of carbonyl (C=O) groups is 3. The van der Waals surface area contributed by atoms with Gasteiger partial charge in [-0.25, -0.2) is 9.78 Å². The highest BCUT2D eigenvalue weighted by molar-refractivity contribution is 7.14. The van der Waals surface area contributed by atoms with Crippen molar-refractivity contribution in [3.63, 3.8) is 0 Å². The molecule has 2 aliphatic heterocycles. The van der Waals surface area contributed by atoms with Crippen molar-refractivity contribution >= 4 is 34.3 Å². The lowest BCUT2D eigenvalue weighted by Gasteiger charge is -2.36. The molecule has 37 heavy (non-hydrogen) atoms. The summed E-state index contributed by atoms with van der Waals surface area (Å²) < 4.78 is 10.7. The number of hydrogen-bond acceptors (Lipinski definition) is 8. The number of hydrogen-bond donors (Lipinski definition) is 3. The maximum atomic E-state index is 13.9. The van der Waals surface area contributed by atoms with Crippen LogP contribution in [0, 0.1) is 5.92 Å². The summed E-state index contributed by atoms with van der Waals surface area (Å²) in [6.07, 6.45) is 5.63. The number of aromatic nitrogens is 1. The first-order valence-electron chi connectivity index (χ1n) is 12.9. The fraction of sp³-hybridized carbons (Fsp3) is 0.600. The Bertz CT molecular complexity index is 1080. The van der Waals surface area contributed by atoms with E-state index < -0.39 is 24.1 Å². The third-order valence-corrected chi connectivity index (χ3v) is 8.09. The van der Waals surface area contributed by atoms with Gasteiger partial charge in [-0.15, -0.1) is 11.3 Å². The number of aliphatic hydroxyl groups excluding tert-OH is 1. The van der Waals surface area contributed by atoms with Gasteiger partial charge < -0.3 is 34.7 Å². The normalized spacial score (nSPS) is 23.6. The number of nitrogens with one attached hydrogen (secondary N) is 2. The Hall–Kier alpha value is -2.96. The number of carbonyl (C=O) groups excluding carboxylic acids is 3. The van der Waals surface area contributed by atoms with E-state index in [1.807, 2.05) is 0 Å². The van der Waals surface area contributed by atoms with Crippen LogP contribution in [0.4, 0.5) is 9.93 Å². The molecular formula is C25H33N5O6S. The van der Waals surface area contributed by atoms with Gasteiger partial charge in [-0.1, -0.05) is 19.3 Å². The summed E-state index contributed by atoms with van der Waals surface area (Å²) >= 11 is 1.26. The zero-order chi connectivity index (χ0) is 25.8. The maximum Gasteiger partial charge on any atom is 0.318 e. The van der Waals surface area contributed by atoms with E-state index in [0.29, 0.717) is 42.9 Å². The molecule has 1 saturated carbocycles. The van der Waals surface area contributed by atoms with Crippen LogP contribution in [-0.2, 0) is 14.3 Å². The van der Waals surface area contributed by atoms with Crippen molar-refractivity contribution < 1.29 is 28.6 Å². The number of urea groups is 1. The van der Waals surface area contributed by atoms with Crippen LogP contribution in [0.2, 0.25) is 0 Å². The van der Waals surface area contributed by atoms with Gasteiger partial charge in [0.1, 0.15) is 17.8 Å². The Morgan fingerprint density at radius 3 is 2.68 bits per heavy atom. The molecule has 0 aromatic carbocycles. The average molecular weight is 532 g/mol. The summed E-state index contributed by atoms with van der Waals surface area (Å²) in [5, 5.41) is 18.4. The van der Waals surface area contributed by atoms with Crippen LogP contribution in [0.25, 0.3) is 11.5 Å². The van der Waals surface area contributed by atoms with E-state index in [-0.39, 0.29) is 30.8 Å². The van der Waals surface area contributed by atoms with Crippen LogP contribution in [0.3, 0.4) is 0 Å². The van der Waals surface area contributed by atoms with Crippen LogP contribution in [0.15, 0.2) is 28.2 Å². The Balaban J connectivity index is 1.30. The van der Waals surface area contributed by atoms with E-state index in [2.05, 4.69) is 15.6 Å². The average Bonchev–Trinajstić information content (AvgIpc) is 3.69. The number of morpholine rings is 1. The zero-order valence-electron chi connectivity index (χ0n) is 20.6. The topological polar surface area (TPSA) is 137 Å². The van der Waals surface area contributed by atoms with Crippen LogP contribution < -0.4 is 10.6 Å². The van der Waals surface area contributed by atoms with Gasteiger partial charge in [0.2, 0.25) is 11.8 Å². The lowest BCUT2D eigenvalue weighted by molar-refractivity contribution is -0.139. The molecule has 3 N–H and O–H groups in total. The summed E-state index contributed by atoms with van der Waals surface area (Å²) in [6, 6.07) is 1.65. The second kappa shape index (κ2) is 11.6. The molecule has 2 aromatic rings. The molecule has 5 rings (SSSR count). The highest BCUT2D eigenvalue weighted by Crippen LogP contribution is 2.31. The number of β-amino-alcohol motifs (C(OH)–C–C–N with tert-alkyl or cyclic N) is 1. The van der Waals surface area contributed by atoms with Gasteiger partial charge in [0.15, 0.2) is 10.9 Å². The molecule has 200 valence electrons. The van der Waals surface area contributed by atoms with Gasteiger partial charge in [-0.3, -0.25) is 9.59 Å². The number of rotatable bonds is 6. The summed E-state index contributed by atoms with van der Waals surface area (Å²) in [7, 11) is 0. The predicted octanol–water partition coefficient (Wildman–Crippen LogP) is 2.29. The summed E-state index contributed by atoms with van der Waals surface area (Å²) in [6.45, 7) is 1.92. The SMILES string of the molecule is O=C(Nc1nc(-c2ccco2)cs1)[C@@H]1C[C@H](O)CN1C(=O)[C@H](NC(=O)N1CCOCC1)C1CCCCC1. The standard InChI is InChI=1S/C25H33N5O6S/c31-17-13-19(22(32)28-24-26-18(15-37-24)20-7-4-10-36-20)30(14-17)23(33)21(16-5-2-1-3-6-16)27-25(34)29-8-11-35-12-9-29/h4,7,10,15-17,19,21,31H,1-3,5-6,8-9,11-14H2,(H,27,34)(H,26,28,32)/t17-,19-,21+/m0/s1. The predicted molar refractivity (Wildman–Crippen MR) is 136 cm³/mol. The molecule has 0 radical (unpaired) electrons. The first-order chi connectivity index (χ1) is 18.0. The smallest absolute Gasteiger partial charge is 0.318 e. The zero-order valence-corrected chi connectivity index (χ0v) is 21.5. The molecule has 12 heteroatoms. The summed E-state index contributed by atoms with van der Waals surface area (Å²) in [5.74, 6) is -0.147. The highest BCUT2D eigenvalue weighted by Gasteiger charge is 2.44. The van der Waals surface area contributed by atoms with Gasteiger partial charge in [0, 0.05) is 31.4 Å². The fourth-order valence-electron chi connectivity index (χ4n) is 5.38. The molecule has 2 saturated heterocycles. The number of likely N-dealkylation sites (tertiary alicyclic amines) is 1. The Kier molecular flexibility index (Phi) is 8.06. The minimum Gasteiger partial charge on any atom is -0.463 e. The highest BCUT2D eigenvalue weighted by atomic mass is 32.1. The van der Waals surface area contributed by atoms with Gasteiger partial charge >= 0.3 is 6.03 Å². The van der Waals surface area contributed by atoms with E-state index >= 15 is 0 Å². The van der Waals surface area contributed by atoms with E-state index in [9.17, 15) is 19.5 Å². The van der Waals surface area contributed by atoms with Crippen molar-refractivity contribution in [3.05, 3.63) is 23.8 Å². The molecule has 0 spiro atoms. The molecule has 2 aromatic heterocycles. The minimum atomic E-state index is -0.857. The number of anilines is 1. The van der Waals surface area contributed by atoms with Gasteiger partial charge in [0.25, 0.3) is 0 Å². The molecule has 0 unspecified atom stereocenters. The number of thiazole rings is 1. The van der Waals surface area contributed by atoms with Crippen molar-refractivity contribution in [1.29, 1.82) is 0 Å². The Labute approximate surface area is 219 Å². The number of nitrogens with zero attached hydrogens (tertiary/aromatic N) is 3. The van der Waals surface area contributed by atoms with Crippen LogP contribution >= 0.6 is 11.3 Å². The third-order valence-electron chi connectivity index (χ3n) is 7.34. The molecule has 3 atom stereocenters. The first-order valence-corrected chi connectivity index (χ1v) is 13.8. The summed E-state index contributed by atoms with van der Waals surface area (Å²) in [4.78, 5) is 47.7. The maximum absolute atomic E-state index is 13.9. The van der Waals surface area contributed by atoms with Gasteiger partial charge in [-0.05, 0) is 30.9 Å². The number of furan rings is 1. The largest absolute Gasteiger partial charge is 0.463 e. The van der Waals surface area contributed by atoms with Crippen LogP contribution in [0.1, 0.15) is 38.5 Å². The van der Waals surface area contributed by atoms with E-state index in [4.69, 9.17) is 9.15 Å². The van der Waals surface area contributed by atoms with Crippen molar-refractivity contribution in [2.24, 2.45) is 5.92 Å². The monoisotopic (exact) mass is 531 g/mol. The molecular weight excluding hydrogens is 498 g/mol. The van der Waals surface area contributed by atoms with Crippen molar-refractivity contribution in [2.75, 3.05) is 38.2 Å². The molecule has 4 amide bonds. The van der Waals surface area contributed by atoms with E-state index in [0.717, 1.165) is 32.1 Å². The first kappa shape index (κ1) is 25.7. The van der Waals surface area contributed by atoms with Crippen LogP contribution in [0.5, 0.6) is 0 Å². The lowest BCUT2D eigenvalue weighted by atomic mass is 9.83. The summed E-state index contributed by atoms with van der Waals surface area (Å²) in [5.41, 5.74) is 0.605. The minimum absolute atomic E-state index is 0.0116. The van der Waals surface area contributed by atoms with Crippen molar-refractivity contribution in [2.45, 2.75) is 56.7 Å². The lowest BCUT2D eigenvalue weighted by Crippen LogP contribution is -2.58. The van der Waals surface area contributed by atoms with Crippen LogP contribution in [-0.4, -0.2) is 88.8 Å². The second-order valence-electron chi connectivity index (χ2n) is 9.83. The number of aliphatic hydroxyl groups is 1. The second-order valence-corrected chi connectivity index (χ2v) is 10.7. The Morgan fingerprint density at radius 2 is 1.95 bits per heavy atom. The fourth-order valence-corrected chi connectivity index (χ4v) is 6.08. The third kappa shape index (κ3) is 5.97.